The predicted octanol–water partition coefficient (Wildman–Crippen LogP) is 2.86. The highest BCUT2D eigenvalue weighted by Gasteiger charge is 2.14. The molecule has 0 atom stereocenters. The van der Waals surface area contributed by atoms with E-state index in [0.29, 0.717) is 21.6 Å². The summed E-state index contributed by atoms with van der Waals surface area (Å²) >= 11 is 7.01. The Kier molecular flexibility index (Phi) is 5.75. The van der Waals surface area contributed by atoms with E-state index < -0.39 is 0 Å². The highest BCUT2D eigenvalue weighted by Crippen LogP contribution is 2.22. The molecule has 6 nitrogen and oxygen atoms in total. The lowest BCUT2D eigenvalue weighted by Gasteiger charge is -2.06. The van der Waals surface area contributed by atoms with Crippen molar-refractivity contribution >= 4 is 29.3 Å². The lowest BCUT2D eigenvalue weighted by Crippen LogP contribution is -2.25. The lowest BCUT2D eigenvalue weighted by molar-refractivity contribution is -0.118. The molecule has 3 N–H and O–H groups in total. The summed E-state index contributed by atoms with van der Waals surface area (Å²) in [5, 5.41) is 11.7. The van der Waals surface area contributed by atoms with Crippen molar-refractivity contribution in [1.82, 2.24) is 20.2 Å². The summed E-state index contributed by atoms with van der Waals surface area (Å²) in [6, 6.07) is 13.3. The number of rotatable bonds is 6. The van der Waals surface area contributed by atoms with Gasteiger partial charge in [-0.05, 0) is 30.3 Å². The van der Waals surface area contributed by atoms with E-state index in [0.717, 1.165) is 17.3 Å². The van der Waals surface area contributed by atoms with Gasteiger partial charge in [0.25, 0.3) is 0 Å². The van der Waals surface area contributed by atoms with Gasteiger partial charge in [0.05, 0.1) is 5.75 Å². The van der Waals surface area contributed by atoms with Crippen LogP contribution in [0.4, 0.5) is 4.39 Å². The highest BCUT2D eigenvalue weighted by molar-refractivity contribution is 7.99. The third-order valence-electron chi connectivity index (χ3n) is 3.53. The molecule has 3 aromatic rings. The highest BCUT2D eigenvalue weighted by atomic mass is 35.5. The van der Waals surface area contributed by atoms with Gasteiger partial charge in [-0.25, -0.2) is 9.07 Å². The second-order valence-corrected chi connectivity index (χ2v) is 6.72. The average Bonchev–Trinajstić information content (AvgIpc) is 3.00. The quantitative estimate of drug-likeness (QED) is 0.498. The Morgan fingerprint density at radius 1 is 1.19 bits per heavy atom. The first kappa shape index (κ1) is 18.2. The second-order valence-electron chi connectivity index (χ2n) is 5.34. The number of carbonyl (C=O) groups excluding carboxylic acids is 1. The van der Waals surface area contributed by atoms with E-state index in [9.17, 15) is 9.18 Å². The van der Waals surface area contributed by atoms with Crippen molar-refractivity contribution in [3.63, 3.8) is 0 Å². The van der Waals surface area contributed by atoms with Crippen LogP contribution in [0.15, 0.2) is 53.7 Å². The molecule has 0 saturated carbocycles. The van der Waals surface area contributed by atoms with E-state index in [4.69, 9.17) is 17.4 Å². The molecule has 1 aromatic heterocycles. The van der Waals surface area contributed by atoms with Crippen LogP contribution in [-0.4, -0.2) is 26.5 Å². The normalized spacial score (nSPS) is 10.7. The first-order valence-electron chi connectivity index (χ1n) is 7.64. The van der Waals surface area contributed by atoms with Crippen molar-refractivity contribution in [2.75, 3.05) is 11.6 Å². The molecule has 0 fully saturated rings. The Bertz CT molecular complexity index is 916. The lowest BCUT2D eigenvalue weighted by atomic mass is 10.2. The van der Waals surface area contributed by atoms with Crippen molar-refractivity contribution in [3.8, 4) is 11.4 Å². The standard InChI is InChI=1S/C17H15ClFN5OS/c18-13-7-5-11(6-8-13)16-22-23-17(24(16)20)26-10-15(25)21-9-12-3-1-2-4-14(12)19/h1-8H,9-10,20H2,(H,21,25). The maximum atomic E-state index is 13.5. The summed E-state index contributed by atoms with van der Waals surface area (Å²) in [5.41, 5.74) is 1.19. The number of hydrogen-bond acceptors (Lipinski definition) is 5. The minimum atomic E-state index is -0.352. The molecule has 1 amide bonds. The maximum absolute atomic E-state index is 13.5. The van der Waals surface area contributed by atoms with Crippen molar-refractivity contribution < 1.29 is 9.18 Å². The van der Waals surface area contributed by atoms with E-state index in [2.05, 4.69) is 15.5 Å². The third-order valence-corrected chi connectivity index (χ3v) is 4.73. The van der Waals surface area contributed by atoms with E-state index in [1.807, 2.05) is 0 Å². The molecule has 0 bridgehead atoms. The average molecular weight is 392 g/mol. The number of nitrogens with one attached hydrogen (secondary N) is 1. The monoisotopic (exact) mass is 391 g/mol. The molecule has 26 heavy (non-hydrogen) atoms. The zero-order chi connectivity index (χ0) is 18.5. The minimum absolute atomic E-state index is 0.0877. The van der Waals surface area contributed by atoms with E-state index >= 15 is 0 Å². The van der Waals surface area contributed by atoms with Crippen molar-refractivity contribution in [2.45, 2.75) is 11.7 Å². The molecule has 0 saturated heterocycles. The molecule has 0 aliphatic heterocycles. The van der Waals surface area contributed by atoms with E-state index in [1.54, 1.807) is 42.5 Å². The smallest absolute Gasteiger partial charge is 0.230 e. The number of thioether (sulfide) groups is 1. The first-order chi connectivity index (χ1) is 12.5. The van der Waals surface area contributed by atoms with Crippen molar-refractivity contribution in [1.29, 1.82) is 0 Å². The summed E-state index contributed by atoms with van der Waals surface area (Å²) in [6.45, 7) is 0.122. The summed E-state index contributed by atoms with van der Waals surface area (Å²) in [4.78, 5) is 12.0. The summed E-state index contributed by atoms with van der Waals surface area (Å²) < 4.78 is 14.8. The summed E-state index contributed by atoms with van der Waals surface area (Å²) in [5.74, 6) is 5.95. The Labute approximate surface area is 158 Å². The molecular formula is C17H15ClFN5OS. The molecule has 2 aromatic carbocycles. The van der Waals surface area contributed by atoms with Crippen LogP contribution in [0.3, 0.4) is 0 Å². The zero-order valence-corrected chi connectivity index (χ0v) is 15.1. The van der Waals surface area contributed by atoms with Gasteiger partial charge in [-0.1, -0.05) is 41.6 Å². The molecule has 0 aliphatic carbocycles. The fourth-order valence-corrected chi connectivity index (χ4v) is 3.00. The fourth-order valence-electron chi connectivity index (χ4n) is 2.19. The summed E-state index contributed by atoms with van der Waals surface area (Å²) in [7, 11) is 0. The minimum Gasteiger partial charge on any atom is -0.351 e. The van der Waals surface area contributed by atoms with Crippen LogP contribution in [-0.2, 0) is 11.3 Å². The molecule has 1 heterocycles. The number of hydrogen-bond donors (Lipinski definition) is 2. The maximum Gasteiger partial charge on any atom is 0.230 e. The van der Waals surface area contributed by atoms with Crippen LogP contribution >= 0.6 is 23.4 Å². The van der Waals surface area contributed by atoms with Crippen LogP contribution in [0.25, 0.3) is 11.4 Å². The van der Waals surface area contributed by atoms with Crippen LogP contribution in [0.5, 0.6) is 0 Å². The molecule has 9 heteroatoms. The Hall–Kier alpha value is -2.58. The van der Waals surface area contributed by atoms with Crippen molar-refractivity contribution in [2.24, 2.45) is 0 Å². The third kappa shape index (κ3) is 4.33. The second kappa shape index (κ2) is 8.20. The van der Waals surface area contributed by atoms with Gasteiger partial charge in [0.1, 0.15) is 5.82 Å². The number of benzene rings is 2. The van der Waals surface area contributed by atoms with Gasteiger partial charge in [-0.3, -0.25) is 4.79 Å². The van der Waals surface area contributed by atoms with Crippen LogP contribution < -0.4 is 11.2 Å². The fraction of sp³-hybridized carbons (Fsp3) is 0.118. The van der Waals surface area contributed by atoms with Crippen LogP contribution in [0, 0.1) is 5.82 Å². The van der Waals surface area contributed by atoms with Gasteiger partial charge < -0.3 is 11.2 Å². The zero-order valence-electron chi connectivity index (χ0n) is 13.5. The van der Waals surface area contributed by atoms with Crippen molar-refractivity contribution in [3.05, 3.63) is 64.9 Å². The Morgan fingerprint density at radius 3 is 2.65 bits per heavy atom. The van der Waals surface area contributed by atoms with Gasteiger partial charge in [0.2, 0.25) is 11.1 Å². The number of amides is 1. The van der Waals surface area contributed by atoms with Gasteiger partial charge >= 0.3 is 0 Å². The number of nitrogens with zero attached hydrogens (tertiary/aromatic N) is 3. The van der Waals surface area contributed by atoms with E-state index in [-0.39, 0.29) is 24.0 Å². The Balaban J connectivity index is 1.57. The number of carbonyl (C=O) groups is 1. The topological polar surface area (TPSA) is 85.8 Å². The molecule has 0 aliphatic rings. The van der Waals surface area contributed by atoms with Gasteiger partial charge in [0, 0.05) is 22.7 Å². The summed E-state index contributed by atoms with van der Waals surface area (Å²) in [6.07, 6.45) is 0. The van der Waals surface area contributed by atoms with Crippen LogP contribution in [0.2, 0.25) is 5.02 Å². The number of aromatic nitrogens is 3. The number of nitrogens with two attached hydrogens (primary N) is 1. The van der Waals surface area contributed by atoms with Crippen LogP contribution in [0.1, 0.15) is 5.56 Å². The van der Waals surface area contributed by atoms with Gasteiger partial charge in [-0.2, -0.15) is 0 Å². The molecule has 134 valence electrons. The molecule has 0 radical (unpaired) electrons. The largest absolute Gasteiger partial charge is 0.351 e. The molecule has 0 spiro atoms. The molecule has 3 rings (SSSR count). The molecule has 0 unspecified atom stereocenters. The molecular weight excluding hydrogens is 377 g/mol. The number of nitrogen functional groups attached to an aromatic ring is 1. The van der Waals surface area contributed by atoms with Gasteiger partial charge in [-0.15, -0.1) is 10.2 Å². The predicted molar refractivity (Wildman–Crippen MR) is 99.6 cm³/mol. The SMILES string of the molecule is Nn1c(SCC(=O)NCc2ccccc2F)nnc1-c1ccc(Cl)cc1. The van der Waals surface area contributed by atoms with E-state index in [1.165, 1.54) is 10.7 Å². The number of halogens is 2. The Morgan fingerprint density at radius 2 is 1.92 bits per heavy atom. The first-order valence-corrected chi connectivity index (χ1v) is 9.00. The van der Waals surface area contributed by atoms with Gasteiger partial charge in [0.15, 0.2) is 5.82 Å².